The molecule has 0 aromatic heterocycles. The van der Waals surface area contributed by atoms with Gasteiger partial charge >= 0.3 is 0 Å². The summed E-state index contributed by atoms with van der Waals surface area (Å²) in [4.78, 5) is 0. The molecule has 4 N–H and O–H groups in total. The van der Waals surface area contributed by atoms with Gasteiger partial charge in [-0.3, -0.25) is 0 Å². The first-order chi connectivity index (χ1) is 13.9. The summed E-state index contributed by atoms with van der Waals surface area (Å²) in [6.07, 6.45) is -3.68. The average Bonchev–Trinajstić information content (AvgIpc) is 2.73. The minimum absolute atomic E-state index is 0.105. The Kier molecular flexibility index (Phi) is 7.34. The van der Waals surface area contributed by atoms with E-state index in [9.17, 15) is 20.4 Å². The first-order valence-corrected chi connectivity index (χ1v) is 9.67. The Morgan fingerprint density at radius 1 is 1.10 bits per heavy atom. The number of hydrogen-bond donors (Lipinski definition) is 4. The zero-order chi connectivity index (χ0) is 21.0. The van der Waals surface area contributed by atoms with E-state index in [1.165, 1.54) is 0 Å². The summed E-state index contributed by atoms with van der Waals surface area (Å²) >= 11 is 6.45. The summed E-state index contributed by atoms with van der Waals surface area (Å²) in [5.74, 6) is 1.06. The number of halogens is 1. The maximum Gasteiger partial charge on any atom is 0.229 e. The SMILES string of the molecule is COc1ccc(Cc2c(Cl)cc(CO)cc2O[C@@H]2O[C@H](CO)C[C@H](O)[C@H]2O)cc1. The first-order valence-electron chi connectivity index (χ1n) is 9.29. The Hall–Kier alpha value is -1.87. The predicted molar refractivity (Wildman–Crippen MR) is 106 cm³/mol. The molecule has 0 radical (unpaired) electrons. The van der Waals surface area contributed by atoms with Gasteiger partial charge < -0.3 is 34.6 Å². The highest BCUT2D eigenvalue weighted by atomic mass is 35.5. The van der Waals surface area contributed by atoms with Gasteiger partial charge in [-0.1, -0.05) is 23.7 Å². The Balaban J connectivity index is 1.90. The summed E-state index contributed by atoms with van der Waals surface area (Å²) in [5, 5.41) is 39.6. The van der Waals surface area contributed by atoms with Gasteiger partial charge in [-0.2, -0.15) is 0 Å². The van der Waals surface area contributed by atoms with E-state index in [-0.39, 0.29) is 19.6 Å². The van der Waals surface area contributed by atoms with Crippen LogP contribution in [0.4, 0.5) is 0 Å². The van der Waals surface area contributed by atoms with E-state index in [4.69, 9.17) is 25.8 Å². The Bertz CT molecular complexity index is 811. The lowest BCUT2D eigenvalue weighted by Gasteiger charge is -2.36. The number of aliphatic hydroxyl groups is 4. The topological polar surface area (TPSA) is 109 Å². The fraction of sp³-hybridized carbons (Fsp3) is 0.429. The van der Waals surface area contributed by atoms with Crippen LogP contribution in [-0.2, 0) is 17.8 Å². The van der Waals surface area contributed by atoms with Crippen molar-refractivity contribution in [3.8, 4) is 11.5 Å². The second kappa shape index (κ2) is 9.75. The van der Waals surface area contributed by atoms with Gasteiger partial charge in [0, 0.05) is 23.4 Å². The third kappa shape index (κ3) is 5.19. The molecule has 1 heterocycles. The molecule has 1 aliphatic rings. The summed E-state index contributed by atoms with van der Waals surface area (Å²) in [5.41, 5.74) is 2.13. The van der Waals surface area contributed by atoms with E-state index in [1.807, 2.05) is 24.3 Å². The molecular weight excluding hydrogens is 400 g/mol. The van der Waals surface area contributed by atoms with Gasteiger partial charge in [0.15, 0.2) is 0 Å². The van der Waals surface area contributed by atoms with Gasteiger partial charge in [0.1, 0.15) is 17.6 Å². The Morgan fingerprint density at radius 2 is 1.83 bits per heavy atom. The molecule has 3 rings (SSSR count). The van der Waals surface area contributed by atoms with Crippen molar-refractivity contribution in [3.63, 3.8) is 0 Å². The molecular formula is C21H25ClO7. The molecule has 7 nitrogen and oxygen atoms in total. The molecule has 8 heteroatoms. The van der Waals surface area contributed by atoms with Crippen LogP contribution in [0.2, 0.25) is 5.02 Å². The van der Waals surface area contributed by atoms with Crippen molar-refractivity contribution in [2.75, 3.05) is 13.7 Å². The Labute approximate surface area is 174 Å². The normalized spacial score (nSPS) is 24.3. The molecule has 2 aromatic carbocycles. The quantitative estimate of drug-likeness (QED) is 0.535. The van der Waals surface area contributed by atoms with Gasteiger partial charge in [-0.05, 0) is 35.4 Å². The maximum absolute atomic E-state index is 10.3. The molecule has 0 spiro atoms. The highest BCUT2D eigenvalue weighted by Gasteiger charge is 2.38. The Morgan fingerprint density at radius 3 is 2.45 bits per heavy atom. The highest BCUT2D eigenvalue weighted by molar-refractivity contribution is 6.31. The lowest BCUT2D eigenvalue weighted by molar-refractivity contribution is -0.240. The van der Waals surface area contributed by atoms with Gasteiger partial charge in [0.2, 0.25) is 6.29 Å². The largest absolute Gasteiger partial charge is 0.497 e. The third-order valence-electron chi connectivity index (χ3n) is 4.89. The molecule has 0 unspecified atom stereocenters. The van der Waals surface area contributed by atoms with Crippen LogP contribution in [0.1, 0.15) is 23.1 Å². The van der Waals surface area contributed by atoms with E-state index in [0.717, 1.165) is 11.3 Å². The van der Waals surface area contributed by atoms with E-state index in [2.05, 4.69) is 0 Å². The molecule has 2 aromatic rings. The molecule has 0 aliphatic carbocycles. The maximum atomic E-state index is 10.3. The van der Waals surface area contributed by atoms with Crippen LogP contribution >= 0.6 is 11.6 Å². The van der Waals surface area contributed by atoms with Crippen LogP contribution in [0.5, 0.6) is 11.5 Å². The monoisotopic (exact) mass is 424 g/mol. The van der Waals surface area contributed by atoms with Crippen molar-refractivity contribution in [2.45, 2.75) is 44.1 Å². The lowest BCUT2D eigenvalue weighted by Crippen LogP contribution is -2.51. The summed E-state index contributed by atoms with van der Waals surface area (Å²) in [7, 11) is 1.59. The molecule has 1 aliphatic heterocycles. The highest BCUT2D eigenvalue weighted by Crippen LogP contribution is 2.34. The second-order valence-corrected chi connectivity index (χ2v) is 7.37. The summed E-state index contributed by atoms with van der Waals surface area (Å²) < 4.78 is 16.6. The predicted octanol–water partition coefficient (Wildman–Crippen LogP) is 1.64. The molecule has 4 atom stereocenters. The number of ether oxygens (including phenoxy) is 3. The zero-order valence-electron chi connectivity index (χ0n) is 16.0. The molecule has 1 saturated heterocycles. The van der Waals surface area contributed by atoms with E-state index in [0.29, 0.717) is 28.3 Å². The van der Waals surface area contributed by atoms with Crippen molar-refractivity contribution >= 4 is 11.6 Å². The van der Waals surface area contributed by atoms with Crippen LogP contribution in [0.15, 0.2) is 36.4 Å². The second-order valence-electron chi connectivity index (χ2n) is 6.96. The lowest BCUT2D eigenvalue weighted by atomic mass is 10.0. The standard InChI is InChI=1S/C21H25ClO7/c1-27-14-4-2-12(3-5-14)6-16-17(22)7-13(10-23)8-19(16)29-21-20(26)18(25)9-15(11-24)28-21/h2-5,7-8,15,18,20-21,23-26H,6,9-11H2,1H3/t15-,18-,20+,21-/m0/s1. The van der Waals surface area contributed by atoms with Gasteiger partial charge in [0.25, 0.3) is 0 Å². The zero-order valence-corrected chi connectivity index (χ0v) is 16.7. The smallest absolute Gasteiger partial charge is 0.229 e. The number of aliphatic hydroxyl groups excluding tert-OH is 4. The van der Waals surface area contributed by atoms with Crippen molar-refractivity contribution in [1.82, 2.24) is 0 Å². The van der Waals surface area contributed by atoms with Crippen LogP contribution in [0, 0.1) is 0 Å². The summed E-state index contributed by atoms with van der Waals surface area (Å²) in [6, 6.07) is 10.7. The fourth-order valence-electron chi connectivity index (χ4n) is 3.24. The van der Waals surface area contributed by atoms with Crippen LogP contribution in [-0.4, -0.2) is 58.7 Å². The van der Waals surface area contributed by atoms with Crippen molar-refractivity contribution in [1.29, 1.82) is 0 Å². The molecule has 29 heavy (non-hydrogen) atoms. The van der Waals surface area contributed by atoms with Gasteiger partial charge in [-0.25, -0.2) is 0 Å². The van der Waals surface area contributed by atoms with Crippen LogP contribution < -0.4 is 9.47 Å². The van der Waals surface area contributed by atoms with E-state index >= 15 is 0 Å². The van der Waals surface area contributed by atoms with E-state index in [1.54, 1.807) is 19.2 Å². The molecule has 0 bridgehead atoms. The van der Waals surface area contributed by atoms with Crippen molar-refractivity contribution < 1.29 is 34.6 Å². The number of hydrogen-bond acceptors (Lipinski definition) is 7. The fourth-order valence-corrected chi connectivity index (χ4v) is 3.54. The number of benzene rings is 2. The van der Waals surface area contributed by atoms with Gasteiger partial charge in [-0.15, -0.1) is 0 Å². The van der Waals surface area contributed by atoms with Crippen LogP contribution in [0.3, 0.4) is 0 Å². The molecule has 1 fully saturated rings. The minimum Gasteiger partial charge on any atom is -0.497 e. The van der Waals surface area contributed by atoms with Gasteiger partial charge in [0.05, 0.1) is 32.5 Å². The summed E-state index contributed by atoms with van der Waals surface area (Å²) in [6.45, 7) is -0.547. The third-order valence-corrected chi connectivity index (χ3v) is 5.22. The van der Waals surface area contributed by atoms with Crippen molar-refractivity contribution in [2.24, 2.45) is 0 Å². The average molecular weight is 425 g/mol. The molecule has 158 valence electrons. The van der Waals surface area contributed by atoms with Crippen LogP contribution in [0.25, 0.3) is 0 Å². The minimum atomic E-state index is -1.29. The number of methoxy groups -OCH3 is 1. The molecule has 0 saturated carbocycles. The van der Waals surface area contributed by atoms with Crippen molar-refractivity contribution in [3.05, 3.63) is 58.1 Å². The van der Waals surface area contributed by atoms with E-state index < -0.39 is 24.6 Å². The first kappa shape index (κ1) is 21.8. The molecule has 0 amide bonds. The number of rotatable bonds is 7.